The molecule has 0 unspecified atom stereocenters. The minimum absolute atomic E-state index is 0.0605. The fourth-order valence-electron chi connectivity index (χ4n) is 3.64. The summed E-state index contributed by atoms with van der Waals surface area (Å²) < 4.78 is 10.7. The Kier molecular flexibility index (Phi) is 6.53. The van der Waals surface area contributed by atoms with E-state index in [2.05, 4.69) is 5.32 Å². The van der Waals surface area contributed by atoms with Crippen LogP contribution in [0.3, 0.4) is 0 Å². The number of benzene rings is 1. The molecule has 2 aliphatic rings. The zero-order valence-corrected chi connectivity index (χ0v) is 17.1. The molecule has 1 aromatic carbocycles. The number of thioether (sulfide) groups is 1. The van der Waals surface area contributed by atoms with Crippen LogP contribution in [0.25, 0.3) is 0 Å². The highest BCUT2D eigenvalue weighted by atomic mass is 32.2. The first-order chi connectivity index (χ1) is 14.2. The number of quaternary nitrogens is 1. The molecule has 3 heterocycles. The molecular formula is C21H26N3O4S+. The summed E-state index contributed by atoms with van der Waals surface area (Å²) in [5, 5.41) is 2.94. The Balaban J connectivity index is 1.33. The number of nitrogens with one attached hydrogen (secondary N) is 2. The van der Waals surface area contributed by atoms with Crippen LogP contribution in [0, 0.1) is 0 Å². The van der Waals surface area contributed by atoms with Gasteiger partial charge in [-0.05, 0) is 29.8 Å². The van der Waals surface area contributed by atoms with Gasteiger partial charge in [-0.2, -0.15) is 0 Å². The summed E-state index contributed by atoms with van der Waals surface area (Å²) in [6.45, 7) is 5.60. The largest absolute Gasteiger partial charge is 0.467 e. The molecule has 29 heavy (non-hydrogen) atoms. The molecular weight excluding hydrogens is 390 g/mol. The van der Waals surface area contributed by atoms with Crippen LogP contribution in [0.5, 0.6) is 0 Å². The van der Waals surface area contributed by atoms with Gasteiger partial charge in [0, 0.05) is 5.56 Å². The van der Waals surface area contributed by atoms with E-state index in [1.807, 2.05) is 41.3 Å². The lowest BCUT2D eigenvalue weighted by Crippen LogP contribution is -3.14. The second kappa shape index (κ2) is 9.47. The predicted octanol–water partition coefficient (Wildman–Crippen LogP) is 0.699. The van der Waals surface area contributed by atoms with E-state index in [9.17, 15) is 9.59 Å². The molecule has 2 aliphatic heterocycles. The molecule has 0 bridgehead atoms. The van der Waals surface area contributed by atoms with Crippen LogP contribution in [0.15, 0.2) is 47.1 Å². The number of ether oxygens (including phenoxy) is 1. The third-order valence-corrected chi connectivity index (χ3v) is 6.55. The average Bonchev–Trinajstić information content (AvgIpc) is 3.40. The van der Waals surface area contributed by atoms with Crippen LogP contribution in [-0.2, 0) is 16.1 Å². The molecule has 8 heteroatoms. The van der Waals surface area contributed by atoms with Crippen LogP contribution < -0.4 is 10.2 Å². The molecule has 2 N–H and O–H groups in total. The maximum Gasteiger partial charge on any atom is 0.251 e. The van der Waals surface area contributed by atoms with Crippen LogP contribution in [0.4, 0.5) is 0 Å². The third kappa shape index (κ3) is 5.01. The lowest BCUT2D eigenvalue weighted by Gasteiger charge is -2.24. The summed E-state index contributed by atoms with van der Waals surface area (Å²) in [5.74, 6) is 1.26. The van der Waals surface area contributed by atoms with Gasteiger partial charge >= 0.3 is 0 Å². The first kappa shape index (κ1) is 20.0. The number of nitrogens with zero attached hydrogens (tertiary/aromatic N) is 1. The number of rotatable bonds is 7. The second-order valence-electron chi connectivity index (χ2n) is 7.25. The van der Waals surface area contributed by atoms with E-state index in [0.717, 1.165) is 44.2 Å². The molecule has 0 aliphatic carbocycles. The minimum atomic E-state index is -0.0631. The smallest absolute Gasteiger partial charge is 0.251 e. The molecule has 2 fully saturated rings. The molecule has 1 atom stereocenters. The normalized spacial score (nSPS) is 20.2. The van der Waals surface area contributed by atoms with Gasteiger partial charge in [0.25, 0.3) is 5.91 Å². The summed E-state index contributed by atoms with van der Waals surface area (Å²) in [5.41, 5.74) is 1.65. The van der Waals surface area contributed by atoms with Gasteiger partial charge in [0.2, 0.25) is 5.91 Å². The summed E-state index contributed by atoms with van der Waals surface area (Å²) in [7, 11) is 0. The van der Waals surface area contributed by atoms with Crippen molar-refractivity contribution in [2.45, 2.75) is 11.9 Å². The van der Waals surface area contributed by atoms with Crippen LogP contribution in [0.1, 0.15) is 27.1 Å². The molecule has 2 amide bonds. The van der Waals surface area contributed by atoms with Crippen molar-refractivity contribution in [3.05, 3.63) is 59.5 Å². The topological polar surface area (TPSA) is 76.2 Å². The van der Waals surface area contributed by atoms with Gasteiger partial charge in [0.1, 0.15) is 24.2 Å². The van der Waals surface area contributed by atoms with Gasteiger partial charge in [-0.3, -0.25) is 9.59 Å². The maximum absolute atomic E-state index is 12.4. The lowest BCUT2D eigenvalue weighted by atomic mass is 10.1. The summed E-state index contributed by atoms with van der Waals surface area (Å²) in [6, 6.07) is 11.2. The van der Waals surface area contributed by atoms with Crippen LogP contribution >= 0.6 is 11.8 Å². The maximum atomic E-state index is 12.4. The van der Waals surface area contributed by atoms with Crippen molar-refractivity contribution in [1.82, 2.24) is 10.2 Å². The van der Waals surface area contributed by atoms with E-state index in [0.29, 0.717) is 24.4 Å². The molecule has 1 aromatic heterocycles. The van der Waals surface area contributed by atoms with Crippen molar-refractivity contribution in [1.29, 1.82) is 0 Å². The number of amides is 2. The summed E-state index contributed by atoms with van der Waals surface area (Å²) in [4.78, 5) is 28.0. The summed E-state index contributed by atoms with van der Waals surface area (Å²) >= 11 is 1.60. The molecule has 4 rings (SSSR count). The highest BCUT2D eigenvalue weighted by molar-refractivity contribution is 8.00. The quantitative estimate of drug-likeness (QED) is 0.695. The van der Waals surface area contributed by atoms with E-state index >= 15 is 0 Å². The highest BCUT2D eigenvalue weighted by Gasteiger charge is 2.33. The molecule has 2 aromatic rings. The van der Waals surface area contributed by atoms with Gasteiger partial charge < -0.3 is 24.3 Å². The zero-order chi connectivity index (χ0) is 20.1. The van der Waals surface area contributed by atoms with Gasteiger partial charge in [-0.25, -0.2) is 0 Å². The van der Waals surface area contributed by atoms with Gasteiger partial charge in [-0.1, -0.05) is 12.1 Å². The Morgan fingerprint density at radius 2 is 2.00 bits per heavy atom. The van der Waals surface area contributed by atoms with Crippen molar-refractivity contribution < 1.29 is 23.6 Å². The first-order valence-corrected chi connectivity index (χ1v) is 11.0. The fraction of sp³-hybridized carbons (Fsp3) is 0.429. The van der Waals surface area contributed by atoms with Gasteiger partial charge in [-0.15, -0.1) is 11.8 Å². The monoisotopic (exact) mass is 416 g/mol. The zero-order valence-electron chi connectivity index (χ0n) is 16.3. The second-order valence-corrected chi connectivity index (χ2v) is 8.32. The standard InChI is InChI=1S/C21H25N3O4S/c25-19-15-29-21(24(19)14-18-2-1-11-28-18)17-5-3-16(4-6-17)20(26)22-7-8-23-9-12-27-13-10-23/h1-6,11,21H,7-10,12-15H2,(H,22,26)/p+1/t21-/m1/s1. The van der Waals surface area contributed by atoms with Gasteiger partial charge in [0.15, 0.2) is 0 Å². The number of hydrogen-bond donors (Lipinski definition) is 2. The third-order valence-electron chi connectivity index (χ3n) is 5.30. The fourth-order valence-corrected chi connectivity index (χ4v) is 4.82. The SMILES string of the molecule is O=C(NCC[NH+]1CCOCC1)c1ccc([C@H]2SCC(=O)N2Cc2ccco2)cc1. The van der Waals surface area contributed by atoms with Crippen molar-refractivity contribution in [3.63, 3.8) is 0 Å². The Hall–Kier alpha value is -2.29. The Bertz CT molecular complexity index is 819. The Morgan fingerprint density at radius 3 is 2.72 bits per heavy atom. The van der Waals surface area contributed by atoms with E-state index in [4.69, 9.17) is 9.15 Å². The van der Waals surface area contributed by atoms with Crippen molar-refractivity contribution in [2.24, 2.45) is 0 Å². The van der Waals surface area contributed by atoms with E-state index in [1.165, 1.54) is 4.90 Å². The summed E-state index contributed by atoms with van der Waals surface area (Å²) in [6.07, 6.45) is 1.62. The van der Waals surface area contributed by atoms with E-state index < -0.39 is 0 Å². The number of furan rings is 1. The number of morpholine rings is 1. The molecule has 0 saturated carbocycles. The average molecular weight is 417 g/mol. The number of carbonyl (C=O) groups is 2. The van der Waals surface area contributed by atoms with Crippen LogP contribution in [-0.4, -0.2) is 61.9 Å². The lowest BCUT2D eigenvalue weighted by molar-refractivity contribution is -0.906. The minimum Gasteiger partial charge on any atom is -0.467 e. The number of carbonyl (C=O) groups excluding carboxylic acids is 2. The van der Waals surface area contributed by atoms with E-state index in [1.54, 1.807) is 18.0 Å². The first-order valence-electron chi connectivity index (χ1n) is 9.93. The Labute approximate surface area is 174 Å². The van der Waals surface area contributed by atoms with Crippen molar-refractivity contribution in [2.75, 3.05) is 45.1 Å². The molecule has 0 radical (unpaired) electrons. The van der Waals surface area contributed by atoms with Crippen molar-refractivity contribution in [3.8, 4) is 0 Å². The number of hydrogen-bond acceptors (Lipinski definition) is 5. The highest BCUT2D eigenvalue weighted by Crippen LogP contribution is 2.39. The molecule has 2 saturated heterocycles. The molecule has 154 valence electrons. The van der Waals surface area contributed by atoms with Crippen LogP contribution in [0.2, 0.25) is 0 Å². The van der Waals surface area contributed by atoms with Gasteiger partial charge in [0.05, 0.1) is 44.9 Å². The molecule has 0 spiro atoms. The molecule has 7 nitrogen and oxygen atoms in total. The predicted molar refractivity (Wildman–Crippen MR) is 110 cm³/mol. The van der Waals surface area contributed by atoms with Crippen molar-refractivity contribution >= 4 is 23.6 Å². The Morgan fingerprint density at radius 1 is 1.21 bits per heavy atom. The van der Waals surface area contributed by atoms with E-state index in [-0.39, 0.29) is 17.2 Å².